The Morgan fingerprint density at radius 3 is 2.50 bits per heavy atom. The van der Waals surface area contributed by atoms with E-state index in [1.807, 2.05) is 6.92 Å². The molecule has 0 radical (unpaired) electrons. The molecule has 22 heavy (non-hydrogen) atoms. The Bertz CT molecular complexity index is 469. The van der Waals surface area contributed by atoms with Gasteiger partial charge in [0, 0.05) is 5.92 Å². The minimum absolute atomic E-state index is 0.384. The van der Waals surface area contributed by atoms with E-state index in [2.05, 4.69) is 13.8 Å². The Balaban J connectivity index is 1.58. The van der Waals surface area contributed by atoms with Gasteiger partial charge in [-0.2, -0.15) is 0 Å². The summed E-state index contributed by atoms with van der Waals surface area (Å²) in [6.07, 6.45) is 14.0. The molecule has 0 saturated heterocycles. The van der Waals surface area contributed by atoms with Crippen molar-refractivity contribution >= 4 is 5.78 Å². The van der Waals surface area contributed by atoms with Crippen LogP contribution in [0.4, 0.5) is 0 Å². The second-order valence-electron chi connectivity index (χ2n) is 9.82. The minimum Gasteiger partial charge on any atom is -0.300 e. The van der Waals surface area contributed by atoms with Gasteiger partial charge in [0.15, 0.2) is 0 Å². The second kappa shape index (κ2) is 5.08. The first-order valence-electron chi connectivity index (χ1n) is 9.94. The third kappa shape index (κ3) is 2.06. The number of carbonyl (C=O) groups excluding carboxylic acids is 1. The highest BCUT2D eigenvalue weighted by Crippen LogP contribution is 2.66. The van der Waals surface area contributed by atoms with Crippen molar-refractivity contribution in [2.75, 3.05) is 0 Å². The standard InChI is InChI=1S/C21H34O/c1-14(22)15-8-12-21(3)16(13-15)6-7-17-18-5-4-10-20(18,2)11-9-19(17)21/h15-19H,4-13H2,1-3H3/t15-,16-,17+,18+,19+,20-,21-/m0/s1. The molecule has 0 bridgehead atoms. The quantitative estimate of drug-likeness (QED) is 0.614. The Hall–Kier alpha value is -0.330. The second-order valence-corrected chi connectivity index (χ2v) is 9.82. The maximum absolute atomic E-state index is 11.9. The number of hydrogen-bond acceptors (Lipinski definition) is 1. The van der Waals surface area contributed by atoms with Gasteiger partial charge >= 0.3 is 0 Å². The van der Waals surface area contributed by atoms with Crippen molar-refractivity contribution in [3.63, 3.8) is 0 Å². The molecule has 4 rings (SSSR count). The summed E-state index contributed by atoms with van der Waals surface area (Å²) in [5.41, 5.74) is 1.24. The number of carbonyl (C=O) groups is 1. The highest BCUT2D eigenvalue weighted by molar-refractivity contribution is 5.78. The lowest BCUT2D eigenvalue weighted by molar-refractivity contribution is -0.133. The van der Waals surface area contributed by atoms with Crippen LogP contribution in [0.5, 0.6) is 0 Å². The number of fused-ring (bicyclic) bond motifs is 5. The molecule has 1 nitrogen and oxygen atoms in total. The summed E-state index contributed by atoms with van der Waals surface area (Å²) in [6, 6.07) is 0. The van der Waals surface area contributed by atoms with Gasteiger partial charge < -0.3 is 0 Å². The first-order valence-corrected chi connectivity index (χ1v) is 9.94. The summed E-state index contributed by atoms with van der Waals surface area (Å²) >= 11 is 0. The average molecular weight is 303 g/mol. The van der Waals surface area contributed by atoms with Gasteiger partial charge in [0.2, 0.25) is 0 Å². The average Bonchev–Trinajstić information content (AvgIpc) is 2.88. The molecule has 0 N–H and O–H groups in total. The van der Waals surface area contributed by atoms with Crippen LogP contribution >= 0.6 is 0 Å². The first kappa shape index (κ1) is 15.2. The molecule has 0 unspecified atom stereocenters. The zero-order valence-corrected chi connectivity index (χ0v) is 14.9. The van der Waals surface area contributed by atoms with Crippen LogP contribution in [-0.2, 0) is 4.79 Å². The van der Waals surface area contributed by atoms with Crippen molar-refractivity contribution in [1.82, 2.24) is 0 Å². The van der Waals surface area contributed by atoms with E-state index in [9.17, 15) is 4.79 Å². The number of rotatable bonds is 1. The first-order chi connectivity index (χ1) is 10.4. The molecule has 124 valence electrons. The van der Waals surface area contributed by atoms with Crippen LogP contribution in [0.25, 0.3) is 0 Å². The minimum atomic E-state index is 0.384. The smallest absolute Gasteiger partial charge is 0.132 e. The summed E-state index contributed by atoms with van der Waals surface area (Å²) in [5.74, 6) is 4.68. The van der Waals surface area contributed by atoms with Crippen molar-refractivity contribution < 1.29 is 4.79 Å². The van der Waals surface area contributed by atoms with E-state index >= 15 is 0 Å². The molecule has 4 saturated carbocycles. The summed E-state index contributed by atoms with van der Waals surface area (Å²) < 4.78 is 0. The fourth-order valence-corrected chi connectivity index (χ4v) is 7.62. The highest BCUT2D eigenvalue weighted by Gasteiger charge is 2.57. The van der Waals surface area contributed by atoms with Gasteiger partial charge in [-0.05, 0) is 99.2 Å². The summed E-state index contributed by atoms with van der Waals surface area (Å²) in [7, 11) is 0. The summed E-state index contributed by atoms with van der Waals surface area (Å²) in [4.78, 5) is 11.9. The van der Waals surface area contributed by atoms with Gasteiger partial charge in [-0.3, -0.25) is 4.79 Å². The van der Waals surface area contributed by atoms with Gasteiger partial charge in [-0.15, -0.1) is 0 Å². The molecule has 4 aliphatic rings. The summed E-state index contributed by atoms with van der Waals surface area (Å²) in [6.45, 7) is 7.04. The lowest BCUT2D eigenvalue weighted by Crippen LogP contribution is -2.53. The topological polar surface area (TPSA) is 17.1 Å². The van der Waals surface area contributed by atoms with Crippen LogP contribution in [0.2, 0.25) is 0 Å². The Labute approximate surface area is 136 Å². The van der Waals surface area contributed by atoms with Crippen LogP contribution < -0.4 is 0 Å². The normalized spacial score (nSPS) is 54.2. The molecule has 0 aromatic carbocycles. The number of ketones is 1. The Morgan fingerprint density at radius 1 is 0.909 bits per heavy atom. The number of Topliss-reactive ketones (excluding diaryl/α,β-unsaturated/α-hetero) is 1. The molecular formula is C21H34O. The lowest BCUT2D eigenvalue weighted by atomic mass is 9.44. The molecule has 0 amide bonds. The Morgan fingerprint density at radius 2 is 1.73 bits per heavy atom. The van der Waals surface area contributed by atoms with Gasteiger partial charge in [-0.1, -0.05) is 20.3 Å². The van der Waals surface area contributed by atoms with Gasteiger partial charge in [-0.25, -0.2) is 0 Å². The van der Waals surface area contributed by atoms with Crippen LogP contribution in [0.1, 0.15) is 85.0 Å². The predicted molar refractivity (Wildman–Crippen MR) is 90.5 cm³/mol. The molecule has 7 atom stereocenters. The van der Waals surface area contributed by atoms with Crippen molar-refractivity contribution in [2.24, 2.45) is 40.4 Å². The van der Waals surface area contributed by atoms with Crippen molar-refractivity contribution in [2.45, 2.75) is 85.0 Å². The fourth-order valence-electron chi connectivity index (χ4n) is 7.62. The number of hydrogen-bond donors (Lipinski definition) is 0. The van der Waals surface area contributed by atoms with E-state index in [1.54, 1.807) is 0 Å². The van der Waals surface area contributed by atoms with Crippen LogP contribution in [0.15, 0.2) is 0 Å². The van der Waals surface area contributed by atoms with E-state index in [0.717, 1.165) is 23.7 Å². The SMILES string of the molecule is CC(=O)[C@H]1CC[C@@]2(C)[C@@H](CC[C@@H]3[C@H]4CCC[C@@]4(C)CC[C@H]32)C1. The molecule has 0 aromatic rings. The maximum Gasteiger partial charge on any atom is 0.132 e. The Kier molecular flexibility index (Phi) is 3.51. The molecule has 0 spiro atoms. The molecule has 4 aliphatic carbocycles. The predicted octanol–water partition coefficient (Wildman–Crippen LogP) is 5.62. The molecule has 0 aliphatic heterocycles. The van der Waals surface area contributed by atoms with E-state index in [-0.39, 0.29) is 0 Å². The molecule has 0 heterocycles. The highest BCUT2D eigenvalue weighted by atomic mass is 16.1. The van der Waals surface area contributed by atoms with E-state index < -0.39 is 0 Å². The van der Waals surface area contributed by atoms with E-state index in [1.165, 1.54) is 64.2 Å². The molecule has 1 heteroatoms. The lowest BCUT2D eigenvalue weighted by Gasteiger charge is -2.60. The van der Waals surface area contributed by atoms with Gasteiger partial charge in [0.25, 0.3) is 0 Å². The monoisotopic (exact) mass is 302 g/mol. The molecule has 0 aromatic heterocycles. The van der Waals surface area contributed by atoms with Crippen molar-refractivity contribution in [3.05, 3.63) is 0 Å². The zero-order valence-electron chi connectivity index (χ0n) is 14.9. The summed E-state index contributed by atoms with van der Waals surface area (Å²) in [5, 5.41) is 0. The molecular weight excluding hydrogens is 268 g/mol. The van der Waals surface area contributed by atoms with E-state index in [0.29, 0.717) is 22.5 Å². The van der Waals surface area contributed by atoms with Crippen LogP contribution in [-0.4, -0.2) is 5.78 Å². The fraction of sp³-hybridized carbons (Fsp3) is 0.952. The van der Waals surface area contributed by atoms with Gasteiger partial charge in [0.1, 0.15) is 5.78 Å². The van der Waals surface area contributed by atoms with Gasteiger partial charge in [0.05, 0.1) is 0 Å². The third-order valence-electron chi connectivity index (χ3n) is 9.02. The molecule has 4 fully saturated rings. The van der Waals surface area contributed by atoms with E-state index in [4.69, 9.17) is 0 Å². The van der Waals surface area contributed by atoms with Crippen molar-refractivity contribution in [3.8, 4) is 0 Å². The largest absolute Gasteiger partial charge is 0.300 e. The van der Waals surface area contributed by atoms with Crippen molar-refractivity contribution in [1.29, 1.82) is 0 Å². The van der Waals surface area contributed by atoms with Crippen LogP contribution in [0.3, 0.4) is 0 Å². The zero-order chi connectivity index (χ0) is 15.5. The third-order valence-corrected chi connectivity index (χ3v) is 9.02. The maximum atomic E-state index is 11.9. The van der Waals surface area contributed by atoms with Crippen LogP contribution in [0, 0.1) is 40.4 Å².